The van der Waals surface area contributed by atoms with Gasteiger partial charge < -0.3 is 0 Å². The average molecular weight is 634 g/mol. The summed E-state index contributed by atoms with van der Waals surface area (Å²) in [4.78, 5) is 0. The van der Waals surface area contributed by atoms with Crippen LogP contribution in [0.1, 0.15) is 0 Å². The highest BCUT2D eigenvalue weighted by atomic mass is 31.2. The molecule has 0 spiro atoms. The molecule has 0 fully saturated rings. The van der Waals surface area contributed by atoms with Crippen molar-refractivity contribution in [3.05, 3.63) is 0 Å². The molecule has 0 aliphatic heterocycles. The van der Waals surface area contributed by atoms with Crippen LogP contribution in [-0.2, 0) is 36.3 Å². The molecular formula is C12H15F15O8P2. The van der Waals surface area contributed by atoms with Gasteiger partial charge in [0.1, 0.15) is 19.8 Å². The fourth-order valence-corrected chi connectivity index (χ4v) is 3.37. The van der Waals surface area contributed by atoms with Crippen LogP contribution in [0.4, 0.5) is 65.9 Å². The van der Waals surface area contributed by atoms with Crippen molar-refractivity contribution >= 4 is 15.6 Å². The number of phosphoric acid groups is 2. The Balaban J connectivity index is 0. The van der Waals surface area contributed by atoms with Gasteiger partial charge in [-0.1, -0.05) is 0 Å². The molecule has 0 atom stereocenters. The molecule has 0 aromatic carbocycles. The van der Waals surface area contributed by atoms with Gasteiger partial charge in [-0.15, -0.1) is 0 Å². The molecule has 0 unspecified atom stereocenters. The Bertz CT molecular complexity index is 622. The third-order valence-corrected chi connectivity index (χ3v) is 4.97. The Morgan fingerprint density at radius 2 is 0.622 bits per heavy atom. The second-order valence-corrected chi connectivity index (χ2v) is 8.96. The Morgan fingerprint density at radius 3 is 0.784 bits per heavy atom. The third kappa shape index (κ3) is 26.6. The van der Waals surface area contributed by atoms with Crippen molar-refractivity contribution in [3.8, 4) is 0 Å². The molecule has 0 amide bonds. The first kappa shape index (κ1) is 38.3. The lowest BCUT2D eigenvalue weighted by Gasteiger charge is -2.20. The minimum atomic E-state index is -5.67. The summed E-state index contributed by atoms with van der Waals surface area (Å²) in [5.41, 5.74) is 0. The number of hydrogen-bond donors (Lipinski definition) is 0. The fraction of sp³-hybridized carbons (Fsp3) is 1.00. The highest BCUT2D eigenvalue weighted by molar-refractivity contribution is 7.48. The lowest BCUT2D eigenvalue weighted by Crippen LogP contribution is -2.23. The van der Waals surface area contributed by atoms with Crippen LogP contribution in [0.25, 0.3) is 0 Å². The van der Waals surface area contributed by atoms with Crippen molar-refractivity contribution in [1.29, 1.82) is 0 Å². The van der Waals surface area contributed by atoms with E-state index in [1.807, 2.05) is 0 Å². The number of hydrogen-bond acceptors (Lipinski definition) is 8. The Morgan fingerprint density at radius 1 is 0.432 bits per heavy atom. The van der Waals surface area contributed by atoms with Crippen LogP contribution in [0.15, 0.2) is 0 Å². The summed E-state index contributed by atoms with van der Waals surface area (Å²) < 4.78 is 220. The van der Waals surface area contributed by atoms with E-state index in [0.29, 0.717) is 0 Å². The van der Waals surface area contributed by atoms with Gasteiger partial charge in [0.25, 0.3) is 19.3 Å². The maximum absolute atomic E-state index is 11.7. The number of phosphoric ester groups is 2. The van der Waals surface area contributed by atoms with Crippen LogP contribution in [0, 0.1) is 0 Å². The Hall–Kier alpha value is -0.830. The van der Waals surface area contributed by atoms with E-state index >= 15 is 0 Å². The van der Waals surface area contributed by atoms with Gasteiger partial charge in [0.15, 0.2) is 19.8 Å². The Kier molecular flexibility index (Phi) is 16.9. The second-order valence-electron chi connectivity index (χ2n) is 5.62. The van der Waals surface area contributed by atoms with Crippen molar-refractivity contribution in [2.45, 2.75) is 37.8 Å². The zero-order valence-corrected chi connectivity index (χ0v) is 19.1. The summed E-state index contributed by atoms with van der Waals surface area (Å²) in [5, 5.41) is 0. The van der Waals surface area contributed by atoms with Crippen LogP contribution in [0.2, 0.25) is 0 Å². The van der Waals surface area contributed by atoms with E-state index in [9.17, 15) is 75.0 Å². The van der Waals surface area contributed by atoms with E-state index in [-0.39, 0.29) is 0 Å². The molecule has 0 rings (SSSR count). The quantitative estimate of drug-likeness (QED) is 0.144. The first-order valence-electron chi connectivity index (χ1n) is 8.49. The number of halogens is 15. The molecule has 226 valence electrons. The first-order valence-corrected chi connectivity index (χ1v) is 11.4. The van der Waals surface area contributed by atoms with E-state index in [0.717, 1.165) is 0 Å². The van der Waals surface area contributed by atoms with E-state index < -0.39 is 93.1 Å². The average Bonchev–Trinajstić information content (AvgIpc) is 2.70. The molecule has 0 heterocycles. The smallest absolute Gasteiger partial charge is 0.281 e. The SMILES string of the molecule is O=P(OCC(F)(F)F)(OCC(F)(F)F)OCC(F)(F)F.O=P(OCC(F)F)(OCC(F)F)OCC(F)F. The fourth-order valence-electron chi connectivity index (χ4n) is 1.12. The van der Waals surface area contributed by atoms with Crippen LogP contribution in [-0.4, -0.2) is 77.4 Å². The predicted molar refractivity (Wildman–Crippen MR) is 87.1 cm³/mol. The Labute approximate surface area is 196 Å². The summed E-state index contributed by atoms with van der Waals surface area (Å²) in [6.07, 6.45) is -24.7. The van der Waals surface area contributed by atoms with E-state index in [4.69, 9.17) is 0 Å². The van der Waals surface area contributed by atoms with Crippen molar-refractivity contribution in [2.24, 2.45) is 0 Å². The molecule has 8 nitrogen and oxygen atoms in total. The standard InChI is InChI=1S/C6H6F9O4P.C6H9F6O4P/c7-4(8,9)1-17-20(16,18-2-5(10,11)12)19-3-6(13,14)15;7-4(8)1-14-17(13,15-2-5(9)10)16-3-6(11)12/h1-3H2;4-6H,1-3H2. The molecule has 25 heteroatoms. The highest BCUT2D eigenvalue weighted by Crippen LogP contribution is 2.52. The minimum absolute atomic E-state index is 1.44. The number of alkyl halides is 15. The molecule has 0 aromatic rings. The van der Waals surface area contributed by atoms with Gasteiger partial charge in [0.05, 0.1) is 0 Å². The summed E-state index contributed by atoms with van der Waals surface area (Å²) in [6.45, 7) is -11.5. The molecule has 0 aromatic heterocycles. The molecule has 0 bridgehead atoms. The zero-order chi connectivity index (χ0) is 29.7. The van der Waals surface area contributed by atoms with Crippen LogP contribution in [0.3, 0.4) is 0 Å². The number of rotatable bonds is 15. The molecule has 37 heavy (non-hydrogen) atoms. The first-order chi connectivity index (χ1) is 16.4. The molecule has 0 aliphatic carbocycles. The molecular weight excluding hydrogens is 619 g/mol. The van der Waals surface area contributed by atoms with Crippen molar-refractivity contribution < 1.29 is 102 Å². The normalized spacial score (nSPS) is 13.9. The maximum atomic E-state index is 11.7. The van der Waals surface area contributed by atoms with Gasteiger partial charge in [-0.3, -0.25) is 27.1 Å². The van der Waals surface area contributed by atoms with Crippen LogP contribution in [0.5, 0.6) is 0 Å². The van der Waals surface area contributed by atoms with Gasteiger partial charge in [-0.2, -0.15) is 39.5 Å². The highest BCUT2D eigenvalue weighted by Gasteiger charge is 2.42. The topological polar surface area (TPSA) is 89.5 Å². The monoisotopic (exact) mass is 634 g/mol. The third-order valence-electron chi connectivity index (χ3n) is 2.23. The van der Waals surface area contributed by atoms with Gasteiger partial charge in [0, 0.05) is 0 Å². The predicted octanol–water partition coefficient (Wildman–Crippen LogP) is 6.77. The van der Waals surface area contributed by atoms with Gasteiger partial charge >= 0.3 is 34.2 Å². The summed E-state index contributed by atoms with van der Waals surface area (Å²) in [7, 11) is -10.5. The van der Waals surface area contributed by atoms with Gasteiger partial charge in [0.2, 0.25) is 0 Å². The lowest BCUT2D eigenvalue weighted by atomic mass is 10.7. The summed E-state index contributed by atoms with van der Waals surface area (Å²) >= 11 is 0. The maximum Gasteiger partial charge on any atom is 0.475 e. The molecule has 0 aliphatic rings. The van der Waals surface area contributed by atoms with E-state index in [1.54, 1.807) is 0 Å². The van der Waals surface area contributed by atoms with Gasteiger partial charge in [-0.25, -0.2) is 35.5 Å². The summed E-state index contributed by atoms with van der Waals surface area (Å²) in [6, 6.07) is 0. The van der Waals surface area contributed by atoms with Crippen molar-refractivity contribution in [3.63, 3.8) is 0 Å². The van der Waals surface area contributed by atoms with Crippen molar-refractivity contribution in [2.75, 3.05) is 39.6 Å². The van der Waals surface area contributed by atoms with E-state index in [2.05, 4.69) is 27.1 Å². The van der Waals surface area contributed by atoms with Crippen LogP contribution < -0.4 is 0 Å². The molecule has 0 saturated heterocycles. The molecule has 0 saturated carbocycles. The lowest BCUT2D eigenvalue weighted by molar-refractivity contribution is -0.180. The minimum Gasteiger partial charge on any atom is -0.281 e. The largest absolute Gasteiger partial charge is 0.475 e. The van der Waals surface area contributed by atoms with Crippen LogP contribution >= 0.6 is 15.6 Å². The molecule has 0 radical (unpaired) electrons. The van der Waals surface area contributed by atoms with Crippen molar-refractivity contribution in [1.82, 2.24) is 0 Å². The summed E-state index contributed by atoms with van der Waals surface area (Å²) in [5.74, 6) is 0. The molecule has 0 N–H and O–H groups in total. The second kappa shape index (κ2) is 16.3. The van der Waals surface area contributed by atoms with E-state index in [1.165, 1.54) is 0 Å². The zero-order valence-electron chi connectivity index (χ0n) is 17.3. The van der Waals surface area contributed by atoms with Gasteiger partial charge in [-0.05, 0) is 0 Å².